The molecule has 1 aliphatic heterocycles. The van der Waals surface area contributed by atoms with Gasteiger partial charge in [-0.25, -0.2) is 4.39 Å². The van der Waals surface area contributed by atoms with Gasteiger partial charge in [0, 0.05) is 29.9 Å². The minimum absolute atomic E-state index is 0.0921. The van der Waals surface area contributed by atoms with Gasteiger partial charge in [0.25, 0.3) is 5.91 Å². The second kappa shape index (κ2) is 10.3. The molecule has 1 saturated heterocycles. The third-order valence-corrected chi connectivity index (χ3v) is 5.26. The summed E-state index contributed by atoms with van der Waals surface area (Å²) in [5, 5.41) is 2.82. The number of thioether (sulfide) groups is 1. The van der Waals surface area contributed by atoms with Crippen molar-refractivity contribution < 1.29 is 23.4 Å². The van der Waals surface area contributed by atoms with Gasteiger partial charge in [-0.3, -0.25) is 9.78 Å². The number of carbonyl (C=O) groups is 1. The zero-order chi connectivity index (χ0) is 19.8. The molecule has 0 bridgehead atoms. The number of pyridine rings is 1. The summed E-state index contributed by atoms with van der Waals surface area (Å²) in [4.78, 5) is 17.3. The van der Waals surface area contributed by atoms with Crippen LogP contribution in [0.1, 0.15) is 18.5 Å². The van der Waals surface area contributed by atoms with E-state index < -0.39 is 0 Å². The number of benzene rings is 1. The average Bonchev–Trinajstić information content (AvgIpc) is 3.24. The second-order valence-electron chi connectivity index (χ2n) is 6.30. The van der Waals surface area contributed by atoms with E-state index >= 15 is 0 Å². The number of carbonyl (C=O) groups excluding carboxylic acids is 1. The van der Waals surface area contributed by atoms with E-state index in [9.17, 15) is 9.18 Å². The summed E-state index contributed by atoms with van der Waals surface area (Å²) in [6.45, 7) is 1.14. The van der Waals surface area contributed by atoms with E-state index in [0.717, 1.165) is 30.0 Å². The number of methoxy groups -OCH3 is 1. The van der Waals surface area contributed by atoms with Crippen LogP contribution in [0.3, 0.4) is 0 Å². The fourth-order valence-electron chi connectivity index (χ4n) is 2.73. The standard InChI is InChI=1S/C20H23FN2O4S/c1-25-19-11-22-15(13-28-17-6-4-14(21)5-7-17)9-18(19)27-12-20(24)23-10-16-3-2-8-26-16/h4-7,9,11,16H,2-3,8,10,12-13H2,1H3,(H,23,24). The van der Waals surface area contributed by atoms with Crippen molar-refractivity contribution in [1.29, 1.82) is 0 Å². The summed E-state index contributed by atoms with van der Waals surface area (Å²) < 4.78 is 29.4. The van der Waals surface area contributed by atoms with Crippen LogP contribution < -0.4 is 14.8 Å². The van der Waals surface area contributed by atoms with E-state index in [1.807, 2.05) is 0 Å². The molecule has 1 aromatic carbocycles. The van der Waals surface area contributed by atoms with Gasteiger partial charge in [0.15, 0.2) is 18.1 Å². The van der Waals surface area contributed by atoms with Gasteiger partial charge < -0.3 is 19.5 Å². The van der Waals surface area contributed by atoms with Crippen LogP contribution >= 0.6 is 11.8 Å². The van der Waals surface area contributed by atoms with Crippen LogP contribution in [0.2, 0.25) is 0 Å². The van der Waals surface area contributed by atoms with Crippen LogP contribution in [0.15, 0.2) is 41.4 Å². The van der Waals surface area contributed by atoms with Gasteiger partial charge in [-0.2, -0.15) is 0 Å². The monoisotopic (exact) mass is 406 g/mol. The van der Waals surface area contributed by atoms with Crippen LogP contribution in [0.5, 0.6) is 11.5 Å². The number of aromatic nitrogens is 1. The van der Waals surface area contributed by atoms with Crippen molar-refractivity contribution in [3.8, 4) is 11.5 Å². The van der Waals surface area contributed by atoms with Gasteiger partial charge in [0.05, 0.1) is 25.1 Å². The number of hydrogen-bond donors (Lipinski definition) is 1. The molecule has 1 fully saturated rings. The van der Waals surface area contributed by atoms with Gasteiger partial charge in [-0.15, -0.1) is 11.8 Å². The topological polar surface area (TPSA) is 69.7 Å². The lowest BCUT2D eigenvalue weighted by atomic mass is 10.2. The Balaban J connectivity index is 1.52. The van der Waals surface area contributed by atoms with E-state index in [0.29, 0.717) is 23.8 Å². The Morgan fingerprint density at radius 1 is 1.36 bits per heavy atom. The summed E-state index contributed by atoms with van der Waals surface area (Å²) in [5.41, 5.74) is 0.768. The number of halogens is 1. The molecule has 6 nitrogen and oxygen atoms in total. The van der Waals surface area contributed by atoms with Crippen LogP contribution in [0.25, 0.3) is 0 Å². The molecule has 1 aliphatic rings. The quantitative estimate of drug-likeness (QED) is 0.645. The first-order chi connectivity index (χ1) is 13.6. The molecule has 0 saturated carbocycles. The summed E-state index contributed by atoms with van der Waals surface area (Å²) in [6, 6.07) is 8.04. The van der Waals surface area contributed by atoms with Crippen molar-refractivity contribution in [2.24, 2.45) is 0 Å². The smallest absolute Gasteiger partial charge is 0.258 e. The van der Waals surface area contributed by atoms with Gasteiger partial charge in [-0.05, 0) is 37.1 Å². The Hall–Kier alpha value is -2.32. The van der Waals surface area contributed by atoms with Gasteiger partial charge >= 0.3 is 0 Å². The molecule has 2 aromatic rings. The Labute approximate surface area is 167 Å². The predicted octanol–water partition coefficient (Wildman–Crippen LogP) is 3.20. The summed E-state index contributed by atoms with van der Waals surface area (Å²) in [6.07, 6.45) is 3.66. The van der Waals surface area contributed by atoms with Gasteiger partial charge in [0.1, 0.15) is 5.82 Å². The molecule has 28 heavy (non-hydrogen) atoms. The third-order valence-electron chi connectivity index (χ3n) is 4.22. The van der Waals surface area contributed by atoms with E-state index in [1.54, 1.807) is 24.4 Å². The molecule has 3 rings (SSSR count). The highest BCUT2D eigenvalue weighted by Crippen LogP contribution is 2.29. The Bertz CT molecular complexity index is 782. The van der Waals surface area contributed by atoms with Crippen LogP contribution in [0.4, 0.5) is 4.39 Å². The first kappa shape index (κ1) is 20.4. The molecule has 2 heterocycles. The number of rotatable bonds is 9. The molecule has 1 aromatic heterocycles. The lowest BCUT2D eigenvalue weighted by Gasteiger charge is -2.13. The SMILES string of the molecule is COc1cnc(CSc2ccc(F)cc2)cc1OCC(=O)NCC1CCCO1. The van der Waals surface area contributed by atoms with Crippen LogP contribution in [-0.2, 0) is 15.3 Å². The molecule has 8 heteroatoms. The molecular weight excluding hydrogens is 383 g/mol. The van der Waals surface area contributed by atoms with Crippen molar-refractivity contribution in [2.75, 3.05) is 26.9 Å². The van der Waals surface area contributed by atoms with Gasteiger partial charge in [-0.1, -0.05) is 0 Å². The Morgan fingerprint density at radius 3 is 2.89 bits per heavy atom. The second-order valence-corrected chi connectivity index (χ2v) is 7.35. The highest BCUT2D eigenvalue weighted by molar-refractivity contribution is 7.98. The molecule has 0 radical (unpaired) electrons. The van der Waals surface area contributed by atoms with Crippen molar-refractivity contribution in [3.63, 3.8) is 0 Å². The number of amides is 1. The van der Waals surface area contributed by atoms with Crippen molar-refractivity contribution >= 4 is 17.7 Å². The summed E-state index contributed by atoms with van der Waals surface area (Å²) in [5.74, 6) is 1.02. The first-order valence-corrected chi connectivity index (χ1v) is 10.0. The fraction of sp³-hybridized carbons (Fsp3) is 0.400. The average molecular weight is 406 g/mol. The maximum absolute atomic E-state index is 13.0. The highest BCUT2D eigenvalue weighted by atomic mass is 32.2. The minimum Gasteiger partial charge on any atom is -0.491 e. The molecule has 1 unspecified atom stereocenters. The first-order valence-electron chi connectivity index (χ1n) is 9.06. The van der Waals surface area contributed by atoms with Crippen molar-refractivity contribution in [2.45, 2.75) is 29.6 Å². The molecule has 1 N–H and O–H groups in total. The zero-order valence-electron chi connectivity index (χ0n) is 15.7. The minimum atomic E-state index is -0.264. The highest BCUT2D eigenvalue weighted by Gasteiger charge is 2.16. The Kier molecular flexibility index (Phi) is 7.50. The summed E-state index contributed by atoms with van der Waals surface area (Å²) in [7, 11) is 1.52. The number of nitrogens with zero attached hydrogens (tertiary/aromatic N) is 1. The van der Waals surface area contributed by atoms with Crippen molar-refractivity contribution in [1.82, 2.24) is 10.3 Å². The molecule has 0 spiro atoms. The third kappa shape index (κ3) is 6.10. The molecule has 0 aliphatic carbocycles. The molecule has 1 amide bonds. The number of ether oxygens (including phenoxy) is 3. The van der Waals surface area contributed by atoms with E-state index in [1.165, 1.54) is 31.0 Å². The van der Waals surface area contributed by atoms with E-state index in [4.69, 9.17) is 14.2 Å². The zero-order valence-corrected chi connectivity index (χ0v) is 16.5. The number of hydrogen-bond acceptors (Lipinski definition) is 6. The maximum Gasteiger partial charge on any atom is 0.258 e. The molecular formula is C20H23FN2O4S. The van der Waals surface area contributed by atoms with Crippen LogP contribution in [-0.4, -0.2) is 43.9 Å². The lowest BCUT2D eigenvalue weighted by Crippen LogP contribution is -2.35. The molecule has 1 atom stereocenters. The van der Waals surface area contributed by atoms with Crippen LogP contribution in [0, 0.1) is 5.82 Å². The summed E-state index contributed by atoms with van der Waals surface area (Å²) >= 11 is 1.53. The maximum atomic E-state index is 13.0. The largest absolute Gasteiger partial charge is 0.491 e. The van der Waals surface area contributed by atoms with E-state index in [2.05, 4.69) is 10.3 Å². The van der Waals surface area contributed by atoms with E-state index in [-0.39, 0.29) is 24.4 Å². The van der Waals surface area contributed by atoms with Gasteiger partial charge in [0.2, 0.25) is 0 Å². The number of nitrogens with one attached hydrogen (secondary N) is 1. The lowest BCUT2D eigenvalue weighted by molar-refractivity contribution is -0.123. The Morgan fingerprint density at radius 2 is 2.18 bits per heavy atom. The predicted molar refractivity (Wildman–Crippen MR) is 104 cm³/mol. The molecule has 150 valence electrons. The normalized spacial score (nSPS) is 16.0. The fourth-order valence-corrected chi connectivity index (χ4v) is 3.53. The van der Waals surface area contributed by atoms with Crippen molar-refractivity contribution in [3.05, 3.63) is 48.0 Å².